The third-order valence-corrected chi connectivity index (χ3v) is 4.22. The molecule has 7 heteroatoms. The quantitative estimate of drug-likeness (QED) is 0.384. The van der Waals surface area contributed by atoms with Gasteiger partial charge in [0.15, 0.2) is 5.13 Å². The Morgan fingerprint density at radius 1 is 1.12 bits per heavy atom. The third kappa shape index (κ3) is 4.20. The molecule has 0 bridgehead atoms. The van der Waals surface area contributed by atoms with Crippen LogP contribution in [0.5, 0.6) is 0 Å². The Morgan fingerprint density at radius 3 is 2.60 bits per heavy atom. The largest absolute Gasteiger partial charge is 0.301 e. The van der Waals surface area contributed by atoms with Crippen LogP contribution >= 0.6 is 11.3 Å². The van der Waals surface area contributed by atoms with Crippen molar-refractivity contribution in [1.29, 1.82) is 0 Å². The molecule has 3 rings (SSSR count). The number of carbonyl (C=O) groups is 2. The van der Waals surface area contributed by atoms with Gasteiger partial charge in [0.1, 0.15) is 0 Å². The molecule has 25 heavy (non-hydrogen) atoms. The van der Waals surface area contributed by atoms with Gasteiger partial charge in [0.05, 0.1) is 16.6 Å². The lowest BCUT2D eigenvalue weighted by Crippen LogP contribution is -2.18. The van der Waals surface area contributed by atoms with Crippen molar-refractivity contribution < 1.29 is 14.8 Å². The number of thiazole rings is 1. The normalized spacial score (nSPS) is 9.96. The molecule has 0 aliphatic carbocycles. The lowest BCUT2D eigenvalue weighted by Gasteiger charge is -1.98. The van der Waals surface area contributed by atoms with Gasteiger partial charge in [-0.3, -0.25) is 14.8 Å². The lowest BCUT2D eigenvalue weighted by molar-refractivity contribution is -0.115. The van der Waals surface area contributed by atoms with Gasteiger partial charge in [-0.2, -0.15) is 0 Å². The molecule has 2 amide bonds. The zero-order valence-electron chi connectivity index (χ0n) is 12.9. The van der Waals surface area contributed by atoms with Gasteiger partial charge >= 0.3 is 0 Å². The highest BCUT2D eigenvalue weighted by molar-refractivity contribution is 7.22. The predicted octanol–water partition coefficient (Wildman–Crippen LogP) is 2.80. The number of carbonyl (C=O) groups excluding carboxylic acids is 2. The Labute approximate surface area is 147 Å². The van der Waals surface area contributed by atoms with Gasteiger partial charge in [0, 0.05) is 11.1 Å². The summed E-state index contributed by atoms with van der Waals surface area (Å²) in [5.41, 5.74) is 3.40. The molecule has 0 aliphatic heterocycles. The van der Waals surface area contributed by atoms with Crippen molar-refractivity contribution in [2.45, 2.75) is 6.42 Å². The maximum atomic E-state index is 11.9. The molecule has 0 atom stereocenters. The van der Waals surface area contributed by atoms with E-state index >= 15 is 0 Å². The number of para-hydroxylation sites is 1. The number of hydrogen-bond acceptors (Lipinski definition) is 5. The van der Waals surface area contributed by atoms with Crippen molar-refractivity contribution in [1.82, 2.24) is 10.5 Å². The zero-order valence-corrected chi connectivity index (χ0v) is 13.8. The number of hydrogen-bond donors (Lipinski definition) is 3. The Balaban J connectivity index is 1.59. The van der Waals surface area contributed by atoms with Gasteiger partial charge in [-0.25, -0.2) is 10.5 Å². The average Bonchev–Trinajstić information content (AvgIpc) is 3.03. The van der Waals surface area contributed by atoms with Crippen LogP contribution in [0.1, 0.15) is 22.3 Å². The third-order valence-electron chi connectivity index (χ3n) is 3.27. The SMILES string of the molecule is O=C(CC#Cc1ccc(C(=O)NO)cc1)Nc1nc2ccccc2s1. The summed E-state index contributed by atoms with van der Waals surface area (Å²) in [4.78, 5) is 27.5. The fourth-order valence-corrected chi connectivity index (χ4v) is 2.97. The topological polar surface area (TPSA) is 91.3 Å². The van der Waals surface area contributed by atoms with E-state index in [0.717, 1.165) is 10.2 Å². The molecule has 6 nitrogen and oxygen atoms in total. The fourth-order valence-electron chi connectivity index (χ4n) is 2.09. The first-order valence-electron chi connectivity index (χ1n) is 7.34. The summed E-state index contributed by atoms with van der Waals surface area (Å²) in [6.45, 7) is 0. The molecule has 3 N–H and O–H groups in total. The molecule has 0 fully saturated rings. The summed E-state index contributed by atoms with van der Waals surface area (Å²) in [7, 11) is 0. The molecule has 1 aromatic heterocycles. The number of nitrogens with one attached hydrogen (secondary N) is 2. The fraction of sp³-hybridized carbons (Fsp3) is 0.0556. The van der Waals surface area contributed by atoms with Crippen molar-refractivity contribution in [3.63, 3.8) is 0 Å². The number of aromatic nitrogens is 1. The highest BCUT2D eigenvalue weighted by Crippen LogP contribution is 2.25. The monoisotopic (exact) mass is 351 g/mol. The standard InChI is InChI=1S/C18H13N3O3S/c22-16(20-18-19-14-5-1-2-6-15(14)25-18)7-3-4-12-8-10-13(11-9-12)17(23)21-24/h1-2,5-6,8-11,24H,7H2,(H,21,23)(H,19,20,22). The summed E-state index contributed by atoms with van der Waals surface area (Å²) < 4.78 is 1.01. The van der Waals surface area contributed by atoms with Gasteiger partial charge in [-0.1, -0.05) is 35.3 Å². The van der Waals surface area contributed by atoms with E-state index in [-0.39, 0.29) is 12.3 Å². The summed E-state index contributed by atoms with van der Waals surface area (Å²) in [6.07, 6.45) is 0.0365. The van der Waals surface area contributed by atoms with Crippen LogP contribution in [0.3, 0.4) is 0 Å². The number of hydroxylamine groups is 1. The average molecular weight is 351 g/mol. The first-order valence-corrected chi connectivity index (χ1v) is 8.16. The summed E-state index contributed by atoms with van der Waals surface area (Å²) in [6, 6.07) is 14.0. The van der Waals surface area contributed by atoms with Crippen molar-refractivity contribution in [3.05, 3.63) is 59.7 Å². The number of anilines is 1. The maximum Gasteiger partial charge on any atom is 0.274 e. The highest BCUT2D eigenvalue weighted by Gasteiger charge is 2.06. The van der Waals surface area contributed by atoms with Crippen LogP contribution in [0.4, 0.5) is 5.13 Å². The van der Waals surface area contributed by atoms with Gasteiger partial charge in [0.25, 0.3) is 5.91 Å². The van der Waals surface area contributed by atoms with Gasteiger partial charge in [-0.15, -0.1) is 0 Å². The zero-order chi connectivity index (χ0) is 17.6. The van der Waals surface area contributed by atoms with Gasteiger partial charge < -0.3 is 5.32 Å². The minimum absolute atomic E-state index is 0.0365. The first kappa shape index (κ1) is 16.6. The van der Waals surface area contributed by atoms with Crippen LogP contribution in [0, 0.1) is 11.8 Å². The second-order valence-corrected chi connectivity index (χ2v) is 6.06. The lowest BCUT2D eigenvalue weighted by atomic mass is 10.1. The number of fused-ring (bicyclic) bond motifs is 1. The van der Waals surface area contributed by atoms with E-state index in [1.807, 2.05) is 24.3 Å². The van der Waals surface area contributed by atoms with Crippen LogP contribution in [-0.4, -0.2) is 22.0 Å². The van der Waals surface area contributed by atoms with Gasteiger partial charge in [0.2, 0.25) is 5.91 Å². The van der Waals surface area contributed by atoms with E-state index < -0.39 is 5.91 Å². The molecule has 0 radical (unpaired) electrons. The van der Waals surface area contributed by atoms with E-state index in [4.69, 9.17) is 5.21 Å². The Morgan fingerprint density at radius 2 is 1.88 bits per heavy atom. The Hall–Kier alpha value is -3.21. The molecule has 0 spiro atoms. The van der Waals surface area contributed by atoms with E-state index in [1.54, 1.807) is 17.6 Å². The minimum Gasteiger partial charge on any atom is -0.301 e. The van der Waals surface area contributed by atoms with Crippen LogP contribution in [-0.2, 0) is 4.79 Å². The molecular weight excluding hydrogens is 338 g/mol. The molecule has 2 aromatic carbocycles. The number of amides is 2. The number of rotatable bonds is 3. The molecule has 0 saturated heterocycles. The highest BCUT2D eigenvalue weighted by atomic mass is 32.1. The Bertz CT molecular complexity index is 951. The van der Waals surface area contributed by atoms with Crippen LogP contribution in [0.2, 0.25) is 0 Å². The van der Waals surface area contributed by atoms with Gasteiger partial charge in [-0.05, 0) is 36.4 Å². The predicted molar refractivity (Wildman–Crippen MR) is 95.4 cm³/mol. The number of benzene rings is 2. The maximum absolute atomic E-state index is 11.9. The van der Waals surface area contributed by atoms with Crippen LogP contribution < -0.4 is 10.8 Å². The van der Waals surface area contributed by atoms with Crippen LogP contribution in [0.25, 0.3) is 10.2 Å². The van der Waals surface area contributed by atoms with E-state index in [9.17, 15) is 9.59 Å². The summed E-state index contributed by atoms with van der Waals surface area (Å²) in [5.74, 6) is 4.81. The second-order valence-electron chi connectivity index (χ2n) is 5.03. The van der Waals surface area contributed by atoms with Crippen molar-refractivity contribution in [2.24, 2.45) is 0 Å². The Kier molecular flexibility index (Phi) is 5.04. The molecular formula is C18H13N3O3S. The van der Waals surface area contributed by atoms with E-state index in [2.05, 4.69) is 22.1 Å². The minimum atomic E-state index is -0.588. The van der Waals surface area contributed by atoms with Crippen molar-refractivity contribution in [2.75, 3.05) is 5.32 Å². The second kappa shape index (κ2) is 7.57. The molecule has 124 valence electrons. The van der Waals surface area contributed by atoms with E-state index in [0.29, 0.717) is 16.3 Å². The molecule has 0 aliphatic rings. The van der Waals surface area contributed by atoms with E-state index in [1.165, 1.54) is 23.5 Å². The number of nitrogens with zero attached hydrogens (tertiary/aromatic N) is 1. The molecule has 0 unspecified atom stereocenters. The van der Waals surface area contributed by atoms with Crippen LogP contribution in [0.15, 0.2) is 48.5 Å². The van der Waals surface area contributed by atoms with Crippen molar-refractivity contribution >= 4 is 38.5 Å². The smallest absolute Gasteiger partial charge is 0.274 e. The summed E-state index contributed by atoms with van der Waals surface area (Å²) in [5, 5.41) is 11.8. The van der Waals surface area contributed by atoms with Crippen molar-refractivity contribution in [3.8, 4) is 11.8 Å². The molecule has 1 heterocycles. The summed E-state index contributed by atoms with van der Waals surface area (Å²) >= 11 is 1.41. The molecule has 3 aromatic rings. The molecule has 0 saturated carbocycles. The first-order chi connectivity index (χ1) is 12.2.